The molecule has 4 nitrogen and oxygen atoms in total. The van der Waals surface area contributed by atoms with Crippen molar-refractivity contribution in [2.24, 2.45) is 5.41 Å². The van der Waals surface area contributed by atoms with Crippen molar-refractivity contribution in [3.05, 3.63) is 34.1 Å². The molecule has 0 heterocycles. The van der Waals surface area contributed by atoms with Gasteiger partial charge >= 0.3 is 11.9 Å². The van der Waals surface area contributed by atoms with E-state index in [0.29, 0.717) is 4.47 Å². The number of methoxy groups -OCH3 is 1. The molecule has 0 amide bonds. The minimum absolute atomic E-state index is 0.139. The number of aliphatic carboxylic acids is 1. The average molecular weight is 319 g/mol. The van der Waals surface area contributed by atoms with Crippen molar-refractivity contribution in [3.8, 4) is 0 Å². The quantitative estimate of drug-likeness (QED) is 0.684. The Balaban J connectivity index is 3.15. The first kappa shape index (κ1) is 14.6. The van der Waals surface area contributed by atoms with Crippen LogP contribution in [-0.4, -0.2) is 24.2 Å². The van der Waals surface area contributed by atoms with Gasteiger partial charge in [0.2, 0.25) is 0 Å². The average Bonchev–Trinajstić information content (AvgIpc) is 2.32. The zero-order chi connectivity index (χ0) is 13.9. The fourth-order valence-corrected chi connectivity index (χ4v) is 1.93. The molecule has 6 heteroatoms. The Morgan fingerprint density at radius 2 is 2.11 bits per heavy atom. The predicted molar refractivity (Wildman–Crippen MR) is 65.6 cm³/mol. The van der Waals surface area contributed by atoms with Gasteiger partial charge < -0.3 is 9.84 Å². The molecule has 0 bridgehead atoms. The number of rotatable bonds is 4. The fraction of sp³-hybridized carbons (Fsp3) is 0.333. The van der Waals surface area contributed by atoms with Crippen LogP contribution in [0.25, 0.3) is 0 Å². The summed E-state index contributed by atoms with van der Waals surface area (Å²) >= 11 is 3.16. The Kier molecular flexibility index (Phi) is 4.45. The van der Waals surface area contributed by atoms with Gasteiger partial charge in [-0.3, -0.25) is 9.59 Å². The molecule has 0 saturated heterocycles. The van der Waals surface area contributed by atoms with Gasteiger partial charge in [-0.1, -0.05) is 15.9 Å². The number of halogens is 2. The molecule has 0 radical (unpaired) electrons. The lowest BCUT2D eigenvalue weighted by molar-refractivity contribution is -0.165. The lowest BCUT2D eigenvalue weighted by Gasteiger charge is -2.22. The zero-order valence-corrected chi connectivity index (χ0v) is 11.5. The molecule has 0 saturated carbocycles. The van der Waals surface area contributed by atoms with E-state index in [-0.39, 0.29) is 12.0 Å². The highest BCUT2D eigenvalue weighted by molar-refractivity contribution is 9.10. The van der Waals surface area contributed by atoms with Crippen molar-refractivity contribution in [2.45, 2.75) is 13.3 Å². The SMILES string of the molecule is COC(=O)C(C)(Cc1cc(Br)ccc1F)C(=O)O. The monoisotopic (exact) mass is 318 g/mol. The first-order chi connectivity index (χ1) is 8.31. The van der Waals surface area contributed by atoms with E-state index in [4.69, 9.17) is 5.11 Å². The molecular formula is C12H12BrFO4. The summed E-state index contributed by atoms with van der Waals surface area (Å²) in [6.07, 6.45) is -0.278. The molecule has 1 aromatic carbocycles. The van der Waals surface area contributed by atoms with Crippen LogP contribution in [0, 0.1) is 11.2 Å². The molecule has 98 valence electrons. The van der Waals surface area contributed by atoms with Gasteiger partial charge in [0, 0.05) is 10.9 Å². The highest BCUT2D eigenvalue weighted by atomic mass is 79.9. The summed E-state index contributed by atoms with van der Waals surface area (Å²) in [5.74, 6) is -2.82. The van der Waals surface area contributed by atoms with Crippen molar-refractivity contribution in [2.75, 3.05) is 7.11 Å². The first-order valence-corrected chi connectivity index (χ1v) is 5.86. The number of ether oxygens (including phenoxy) is 1. The van der Waals surface area contributed by atoms with E-state index in [0.717, 1.165) is 7.11 Å². The molecular weight excluding hydrogens is 307 g/mol. The smallest absolute Gasteiger partial charge is 0.323 e. The molecule has 1 unspecified atom stereocenters. The Morgan fingerprint density at radius 1 is 1.50 bits per heavy atom. The van der Waals surface area contributed by atoms with Crippen molar-refractivity contribution in [1.82, 2.24) is 0 Å². The van der Waals surface area contributed by atoms with Gasteiger partial charge in [-0.25, -0.2) is 4.39 Å². The predicted octanol–water partition coefficient (Wildman–Crippen LogP) is 2.39. The maximum absolute atomic E-state index is 13.6. The molecule has 18 heavy (non-hydrogen) atoms. The van der Waals surface area contributed by atoms with Crippen LogP contribution in [0.5, 0.6) is 0 Å². The van der Waals surface area contributed by atoms with Gasteiger partial charge in [-0.2, -0.15) is 0 Å². The first-order valence-electron chi connectivity index (χ1n) is 5.07. The number of carbonyl (C=O) groups excluding carboxylic acids is 1. The van der Waals surface area contributed by atoms with Gasteiger partial charge in [0.15, 0.2) is 5.41 Å². The lowest BCUT2D eigenvalue weighted by atomic mass is 9.83. The molecule has 1 rings (SSSR count). The van der Waals surface area contributed by atoms with Crippen molar-refractivity contribution < 1.29 is 23.8 Å². The van der Waals surface area contributed by atoms with Gasteiger partial charge in [-0.05, 0) is 30.7 Å². The second kappa shape index (κ2) is 5.48. The van der Waals surface area contributed by atoms with Gasteiger partial charge in [0.1, 0.15) is 5.82 Å². The molecule has 1 atom stereocenters. The molecule has 0 aliphatic heterocycles. The number of esters is 1. The number of carbonyl (C=O) groups is 2. The van der Waals surface area contributed by atoms with Crippen LogP contribution in [0.15, 0.2) is 22.7 Å². The summed E-state index contributed by atoms with van der Waals surface area (Å²) in [5, 5.41) is 9.12. The number of carboxylic acids is 1. The van der Waals surface area contributed by atoms with Crippen LogP contribution in [-0.2, 0) is 20.7 Å². The largest absolute Gasteiger partial charge is 0.480 e. The van der Waals surface area contributed by atoms with Crippen LogP contribution in [0.4, 0.5) is 4.39 Å². The topological polar surface area (TPSA) is 63.6 Å². The summed E-state index contributed by atoms with van der Waals surface area (Å²) in [5.41, 5.74) is -1.67. The van der Waals surface area contributed by atoms with Crippen LogP contribution in [0.3, 0.4) is 0 Å². The van der Waals surface area contributed by atoms with E-state index in [2.05, 4.69) is 20.7 Å². The van der Waals surface area contributed by atoms with E-state index in [1.165, 1.54) is 25.1 Å². The summed E-state index contributed by atoms with van der Waals surface area (Å²) in [7, 11) is 1.10. The number of hydrogen-bond acceptors (Lipinski definition) is 3. The summed E-state index contributed by atoms with van der Waals surface area (Å²) < 4.78 is 18.6. The Bertz CT molecular complexity index is 489. The second-order valence-corrected chi connectivity index (χ2v) is 4.96. The third kappa shape index (κ3) is 2.87. The second-order valence-electron chi connectivity index (χ2n) is 4.04. The minimum Gasteiger partial charge on any atom is -0.480 e. The van der Waals surface area contributed by atoms with Crippen LogP contribution in [0.2, 0.25) is 0 Å². The third-order valence-corrected chi connectivity index (χ3v) is 3.15. The van der Waals surface area contributed by atoms with Gasteiger partial charge in [0.05, 0.1) is 7.11 Å². The molecule has 0 aliphatic rings. The Hall–Kier alpha value is -1.43. The summed E-state index contributed by atoms with van der Waals surface area (Å²) in [6, 6.07) is 4.15. The van der Waals surface area contributed by atoms with E-state index >= 15 is 0 Å². The van der Waals surface area contributed by atoms with Gasteiger partial charge in [-0.15, -0.1) is 0 Å². The minimum atomic E-state index is -1.81. The van der Waals surface area contributed by atoms with E-state index in [9.17, 15) is 14.0 Å². The maximum atomic E-state index is 13.6. The van der Waals surface area contributed by atoms with E-state index in [1.807, 2.05) is 0 Å². The number of benzene rings is 1. The molecule has 0 aliphatic carbocycles. The van der Waals surface area contributed by atoms with Crippen molar-refractivity contribution >= 4 is 27.9 Å². The molecule has 1 N–H and O–H groups in total. The summed E-state index contributed by atoms with van der Waals surface area (Å²) in [6.45, 7) is 1.21. The molecule has 1 aromatic rings. The maximum Gasteiger partial charge on any atom is 0.323 e. The number of carboxylic acid groups (broad SMARTS) is 1. The lowest BCUT2D eigenvalue weighted by Crippen LogP contribution is -2.39. The van der Waals surface area contributed by atoms with Crippen molar-refractivity contribution in [1.29, 1.82) is 0 Å². The number of hydrogen-bond donors (Lipinski definition) is 1. The zero-order valence-electron chi connectivity index (χ0n) is 9.87. The van der Waals surface area contributed by atoms with Crippen LogP contribution >= 0.6 is 15.9 Å². The third-order valence-electron chi connectivity index (χ3n) is 2.66. The molecule has 0 aromatic heterocycles. The Morgan fingerprint density at radius 3 is 2.61 bits per heavy atom. The van der Waals surface area contributed by atoms with E-state index < -0.39 is 23.2 Å². The molecule has 0 fully saturated rings. The van der Waals surface area contributed by atoms with Gasteiger partial charge in [0.25, 0.3) is 0 Å². The van der Waals surface area contributed by atoms with Crippen molar-refractivity contribution in [3.63, 3.8) is 0 Å². The van der Waals surface area contributed by atoms with E-state index in [1.54, 1.807) is 0 Å². The van der Waals surface area contributed by atoms with Crippen LogP contribution < -0.4 is 0 Å². The normalized spacial score (nSPS) is 13.8. The standard InChI is InChI=1S/C12H12BrFO4/c1-12(10(15)16,11(17)18-2)6-7-5-8(13)3-4-9(7)14/h3-5H,6H2,1-2H3,(H,15,16). The highest BCUT2D eigenvalue weighted by Gasteiger charge is 2.43. The summed E-state index contributed by atoms with van der Waals surface area (Å²) in [4.78, 5) is 22.7. The Labute approximate surface area is 112 Å². The van der Waals surface area contributed by atoms with Crippen LogP contribution in [0.1, 0.15) is 12.5 Å². The molecule has 0 spiro atoms. The highest BCUT2D eigenvalue weighted by Crippen LogP contribution is 2.27. The fourth-order valence-electron chi connectivity index (χ4n) is 1.52.